The second kappa shape index (κ2) is 3.81. The van der Waals surface area contributed by atoms with Crippen molar-refractivity contribution < 1.29 is 4.79 Å². The summed E-state index contributed by atoms with van der Waals surface area (Å²) in [4.78, 5) is 10.3. The van der Waals surface area contributed by atoms with Gasteiger partial charge in [0.25, 0.3) is 0 Å². The van der Waals surface area contributed by atoms with Gasteiger partial charge in [0.05, 0.1) is 0 Å². The van der Waals surface area contributed by atoms with Crippen LogP contribution in [0.3, 0.4) is 0 Å². The van der Waals surface area contributed by atoms with E-state index in [1.807, 2.05) is 30.3 Å². The number of primary amides is 1. The second-order valence-electron chi connectivity index (χ2n) is 2.30. The summed E-state index contributed by atoms with van der Waals surface area (Å²) in [6, 6.07) is 9.72. The molecule has 1 aromatic carbocycles. The Kier molecular flexibility index (Phi) is 2.72. The van der Waals surface area contributed by atoms with Crippen LogP contribution in [0.5, 0.6) is 0 Å². The summed E-state index contributed by atoms with van der Waals surface area (Å²) >= 11 is 0. The number of benzene rings is 1. The molecular weight excluding hydrogens is 137 g/mol. The summed E-state index contributed by atoms with van der Waals surface area (Å²) in [5.74, 6) is -0.367. The molecule has 55 valence electrons. The predicted octanol–water partition coefficient (Wildman–Crippen LogP) is 0.970. The first kappa shape index (κ1) is 7.86. The van der Waals surface area contributed by atoms with Crippen LogP contribution in [-0.2, 0) is 6.32 Å². The lowest BCUT2D eigenvalue weighted by Gasteiger charge is -1.94. The van der Waals surface area contributed by atoms with Crippen molar-refractivity contribution in [1.82, 2.24) is 0 Å². The van der Waals surface area contributed by atoms with E-state index in [1.165, 1.54) is 7.28 Å². The van der Waals surface area contributed by atoms with Crippen LogP contribution < -0.4 is 5.73 Å². The van der Waals surface area contributed by atoms with Crippen molar-refractivity contribution in [2.24, 2.45) is 5.73 Å². The normalized spacial score (nSPS) is 9.09. The van der Waals surface area contributed by atoms with E-state index in [1.54, 1.807) is 0 Å². The zero-order valence-electron chi connectivity index (χ0n) is 6.16. The summed E-state index contributed by atoms with van der Waals surface area (Å²) < 4.78 is 0. The van der Waals surface area contributed by atoms with Crippen molar-refractivity contribution in [3.8, 4) is 0 Å². The fourth-order valence-electron chi connectivity index (χ4n) is 0.833. The van der Waals surface area contributed by atoms with Gasteiger partial charge >= 0.3 is 0 Å². The van der Waals surface area contributed by atoms with Crippen molar-refractivity contribution in [1.29, 1.82) is 0 Å². The highest BCUT2D eigenvalue weighted by Crippen LogP contribution is 1.97. The summed E-state index contributed by atoms with van der Waals surface area (Å²) in [6.07, 6.45) is 0.621. The van der Waals surface area contributed by atoms with Gasteiger partial charge in [-0.1, -0.05) is 35.9 Å². The third-order valence-electron chi connectivity index (χ3n) is 1.38. The first-order valence-electron chi connectivity index (χ1n) is 3.45. The standard InChI is InChI=1S/C8H9BNO/c10-8(11)9-6-7-4-2-1-3-5-7/h1-5H,6H2,(H2,10,11). The van der Waals surface area contributed by atoms with Crippen LogP contribution in [0, 0.1) is 0 Å². The first-order valence-corrected chi connectivity index (χ1v) is 3.45. The molecule has 0 unspecified atom stereocenters. The van der Waals surface area contributed by atoms with E-state index in [9.17, 15) is 4.79 Å². The number of hydrogen-bond donors (Lipinski definition) is 1. The van der Waals surface area contributed by atoms with E-state index in [0.29, 0.717) is 6.32 Å². The van der Waals surface area contributed by atoms with Crippen molar-refractivity contribution in [2.75, 3.05) is 0 Å². The Hall–Kier alpha value is -1.25. The number of rotatable bonds is 3. The minimum Gasteiger partial charge on any atom is -0.379 e. The van der Waals surface area contributed by atoms with E-state index >= 15 is 0 Å². The lowest BCUT2D eigenvalue weighted by atomic mass is 9.71. The van der Waals surface area contributed by atoms with Gasteiger partial charge in [-0.15, -0.1) is 0 Å². The van der Waals surface area contributed by atoms with Gasteiger partial charge in [-0.25, -0.2) is 0 Å². The molecule has 0 saturated heterocycles. The monoisotopic (exact) mass is 146 g/mol. The second-order valence-corrected chi connectivity index (χ2v) is 2.30. The van der Waals surface area contributed by atoms with Gasteiger partial charge in [0.1, 0.15) is 0 Å². The van der Waals surface area contributed by atoms with Gasteiger partial charge in [0.2, 0.25) is 7.28 Å². The van der Waals surface area contributed by atoms with Crippen molar-refractivity contribution in [3.05, 3.63) is 35.9 Å². The molecule has 0 aliphatic rings. The summed E-state index contributed by atoms with van der Waals surface area (Å²) in [6.45, 7) is 0. The highest BCUT2D eigenvalue weighted by Gasteiger charge is 1.97. The van der Waals surface area contributed by atoms with Crippen molar-refractivity contribution >= 4 is 13.1 Å². The fraction of sp³-hybridized carbons (Fsp3) is 0.125. The van der Waals surface area contributed by atoms with Crippen molar-refractivity contribution in [3.63, 3.8) is 0 Å². The van der Waals surface area contributed by atoms with Crippen LogP contribution in [0.2, 0.25) is 0 Å². The molecule has 0 fully saturated rings. The van der Waals surface area contributed by atoms with Crippen LogP contribution in [0.15, 0.2) is 30.3 Å². The molecule has 0 bridgehead atoms. The quantitative estimate of drug-likeness (QED) is 0.634. The van der Waals surface area contributed by atoms with Crippen LogP contribution in [0.1, 0.15) is 5.56 Å². The van der Waals surface area contributed by atoms with Gasteiger partial charge in [-0.2, -0.15) is 0 Å². The predicted molar refractivity (Wildman–Crippen MR) is 45.5 cm³/mol. The number of carbonyl (C=O) groups excluding carboxylic acids is 1. The molecule has 0 spiro atoms. The number of hydrogen-bond acceptors (Lipinski definition) is 1. The van der Waals surface area contributed by atoms with Crippen LogP contribution in [0.25, 0.3) is 0 Å². The van der Waals surface area contributed by atoms with Crippen molar-refractivity contribution in [2.45, 2.75) is 6.32 Å². The molecule has 1 rings (SSSR count). The SMILES string of the molecule is NC(=O)[B]Cc1ccccc1. The van der Waals surface area contributed by atoms with Gasteiger partial charge in [-0.05, 0) is 6.32 Å². The molecule has 3 heteroatoms. The van der Waals surface area contributed by atoms with Crippen LogP contribution in [-0.4, -0.2) is 13.1 Å². The third-order valence-corrected chi connectivity index (χ3v) is 1.38. The largest absolute Gasteiger partial charge is 0.379 e. The smallest absolute Gasteiger partial charge is 0.237 e. The molecule has 2 nitrogen and oxygen atoms in total. The van der Waals surface area contributed by atoms with Crippen LogP contribution in [0.4, 0.5) is 4.79 Å². The molecule has 0 saturated carbocycles. The van der Waals surface area contributed by atoms with E-state index in [4.69, 9.17) is 5.73 Å². The highest BCUT2D eigenvalue weighted by molar-refractivity contribution is 6.72. The Labute approximate surface area is 66.6 Å². The number of nitrogens with two attached hydrogens (primary N) is 1. The number of amides is 1. The molecule has 1 aromatic rings. The van der Waals surface area contributed by atoms with E-state index < -0.39 is 0 Å². The van der Waals surface area contributed by atoms with Gasteiger partial charge < -0.3 is 5.73 Å². The molecule has 2 N–H and O–H groups in total. The molecule has 0 atom stereocenters. The topological polar surface area (TPSA) is 43.1 Å². The van der Waals surface area contributed by atoms with E-state index in [2.05, 4.69) is 0 Å². The lowest BCUT2D eigenvalue weighted by Crippen LogP contribution is -2.19. The van der Waals surface area contributed by atoms with E-state index in [-0.39, 0.29) is 5.81 Å². The minimum atomic E-state index is -0.367. The zero-order chi connectivity index (χ0) is 8.10. The van der Waals surface area contributed by atoms with Gasteiger partial charge in [-0.3, -0.25) is 4.79 Å². The maximum absolute atomic E-state index is 10.3. The molecule has 1 radical (unpaired) electrons. The average molecular weight is 146 g/mol. The van der Waals surface area contributed by atoms with Gasteiger partial charge in [0.15, 0.2) is 5.81 Å². The Balaban J connectivity index is 2.45. The summed E-state index contributed by atoms with van der Waals surface area (Å²) in [5, 5.41) is 0. The summed E-state index contributed by atoms with van der Waals surface area (Å²) in [5.41, 5.74) is 6.05. The van der Waals surface area contributed by atoms with Gasteiger partial charge in [0, 0.05) is 0 Å². The molecule has 1 amide bonds. The molecular formula is C8H9BNO. The molecule has 0 aromatic heterocycles. The maximum Gasteiger partial charge on any atom is 0.237 e. The molecule has 0 heterocycles. The van der Waals surface area contributed by atoms with E-state index in [0.717, 1.165) is 5.56 Å². The lowest BCUT2D eigenvalue weighted by molar-refractivity contribution is 0.265. The summed E-state index contributed by atoms with van der Waals surface area (Å²) in [7, 11) is 1.47. The Morgan fingerprint density at radius 1 is 1.36 bits per heavy atom. The average Bonchev–Trinajstić information content (AvgIpc) is 2.03. The van der Waals surface area contributed by atoms with Crippen LogP contribution >= 0.6 is 0 Å². The first-order chi connectivity index (χ1) is 5.29. The number of carbonyl (C=O) groups is 1. The molecule has 11 heavy (non-hydrogen) atoms. The Morgan fingerprint density at radius 2 is 2.00 bits per heavy atom. The molecule has 0 aliphatic heterocycles. The Bertz CT molecular complexity index is 235. The Morgan fingerprint density at radius 3 is 2.55 bits per heavy atom. The zero-order valence-corrected chi connectivity index (χ0v) is 6.16. The maximum atomic E-state index is 10.3. The highest BCUT2D eigenvalue weighted by atomic mass is 16.1. The fourth-order valence-corrected chi connectivity index (χ4v) is 0.833. The third kappa shape index (κ3) is 2.89. The minimum absolute atomic E-state index is 0.367. The molecule has 0 aliphatic carbocycles.